The molecular weight excluding hydrogens is 220 g/mol. The minimum absolute atomic E-state index is 0.0289. The Morgan fingerprint density at radius 3 is 2.65 bits per heavy atom. The van der Waals surface area contributed by atoms with Crippen LogP contribution in [0.4, 0.5) is 5.69 Å². The Morgan fingerprint density at radius 2 is 2.18 bits per heavy atom. The number of amides is 1. The second-order valence-corrected chi connectivity index (χ2v) is 3.95. The molecule has 1 aromatic rings. The molecule has 0 fully saturated rings. The Hall–Kier alpha value is -1.75. The molecule has 0 aliphatic heterocycles. The van der Waals surface area contributed by atoms with Crippen molar-refractivity contribution in [2.24, 2.45) is 0 Å². The molecule has 0 saturated carbocycles. The fourth-order valence-electron chi connectivity index (χ4n) is 1.51. The van der Waals surface area contributed by atoms with Gasteiger partial charge in [-0.1, -0.05) is 6.07 Å². The van der Waals surface area contributed by atoms with Crippen molar-refractivity contribution in [3.05, 3.63) is 23.8 Å². The van der Waals surface area contributed by atoms with Crippen molar-refractivity contribution in [3.8, 4) is 5.75 Å². The van der Waals surface area contributed by atoms with Crippen LogP contribution in [0.5, 0.6) is 5.75 Å². The smallest absolute Gasteiger partial charge is 0.239 e. The van der Waals surface area contributed by atoms with Crippen molar-refractivity contribution in [3.63, 3.8) is 0 Å². The zero-order valence-electron chi connectivity index (χ0n) is 10.3. The fourth-order valence-corrected chi connectivity index (χ4v) is 1.51. The Labute approximate surface area is 101 Å². The van der Waals surface area contributed by atoms with Crippen LogP contribution in [-0.2, 0) is 4.79 Å². The van der Waals surface area contributed by atoms with Crippen LogP contribution in [0.25, 0.3) is 0 Å². The lowest BCUT2D eigenvalue weighted by Gasteiger charge is -2.19. The summed E-state index contributed by atoms with van der Waals surface area (Å²) in [6.07, 6.45) is -0.715. The molecule has 5 heteroatoms. The molecule has 1 amide bonds. The first-order valence-electron chi connectivity index (χ1n) is 5.38. The zero-order valence-corrected chi connectivity index (χ0v) is 10.3. The van der Waals surface area contributed by atoms with Crippen molar-refractivity contribution < 1.29 is 15.0 Å². The van der Waals surface area contributed by atoms with Crippen molar-refractivity contribution in [2.75, 3.05) is 25.5 Å². The SMILES string of the molecule is CNC(=O)CN(C)c1ccc(C(C)O)c(O)c1. The van der Waals surface area contributed by atoms with Crippen molar-refractivity contribution in [1.29, 1.82) is 0 Å². The Bertz CT molecular complexity index is 405. The number of nitrogens with zero attached hydrogens (tertiary/aromatic N) is 1. The third kappa shape index (κ3) is 3.35. The van der Waals surface area contributed by atoms with E-state index in [0.717, 1.165) is 5.69 Å². The van der Waals surface area contributed by atoms with E-state index in [-0.39, 0.29) is 18.2 Å². The predicted molar refractivity (Wildman–Crippen MR) is 66.1 cm³/mol. The van der Waals surface area contributed by atoms with Gasteiger partial charge in [0.2, 0.25) is 5.91 Å². The van der Waals surface area contributed by atoms with Crippen LogP contribution in [0.2, 0.25) is 0 Å². The van der Waals surface area contributed by atoms with Gasteiger partial charge in [0.25, 0.3) is 0 Å². The number of hydrogen-bond donors (Lipinski definition) is 3. The summed E-state index contributed by atoms with van der Waals surface area (Å²) in [4.78, 5) is 12.9. The van der Waals surface area contributed by atoms with Crippen molar-refractivity contribution in [1.82, 2.24) is 5.32 Å². The van der Waals surface area contributed by atoms with Crippen molar-refractivity contribution >= 4 is 11.6 Å². The van der Waals surface area contributed by atoms with Gasteiger partial charge in [-0.15, -0.1) is 0 Å². The number of phenols is 1. The van der Waals surface area contributed by atoms with E-state index < -0.39 is 6.10 Å². The Kier molecular flexibility index (Phi) is 4.34. The van der Waals surface area contributed by atoms with Crippen LogP contribution < -0.4 is 10.2 Å². The summed E-state index contributed by atoms with van der Waals surface area (Å²) < 4.78 is 0. The number of rotatable bonds is 4. The molecule has 0 spiro atoms. The summed E-state index contributed by atoms with van der Waals surface area (Å²) >= 11 is 0. The van der Waals surface area contributed by atoms with Crippen molar-refractivity contribution in [2.45, 2.75) is 13.0 Å². The number of hydrogen-bond acceptors (Lipinski definition) is 4. The van der Waals surface area contributed by atoms with Crippen LogP contribution in [0, 0.1) is 0 Å². The molecule has 0 aliphatic carbocycles. The first-order chi connectivity index (χ1) is 7.95. The number of aliphatic hydroxyl groups excluding tert-OH is 1. The maximum absolute atomic E-state index is 11.2. The standard InChI is InChI=1S/C12H18N2O3/c1-8(15)10-5-4-9(6-11(10)16)14(3)7-12(17)13-2/h4-6,8,15-16H,7H2,1-3H3,(H,13,17). The van der Waals surface area contributed by atoms with E-state index in [9.17, 15) is 15.0 Å². The maximum Gasteiger partial charge on any atom is 0.239 e. The summed E-state index contributed by atoms with van der Waals surface area (Å²) in [5.41, 5.74) is 1.19. The summed E-state index contributed by atoms with van der Waals surface area (Å²) in [7, 11) is 3.33. The summed E-state index contributed by atoms with van der Waals surface area (Å²) in [6.45, 7) is 1.80. The lowest BCUT2D eigenvalue weighted by molar-refractivity contribution is -0.119. The highest BCUT2D eigenvalue weighted by Crippen LogP contribution is 2.28. The average molecular weight is 238 g/mol. The van der Waals surface area contributed by atoms with Gasteiger partial charge in [0, 0.05) is 31.4 Å². The lowest BCUT2D eigenvalue weighted by atomic mass is 10.1. The highest BCUT2D eigenvalue weighted by molar-refractivity contribution is 5.81. The van der Waals surface area contributed by atoms with Crippen LogP contribution in [0.1, 0.15) is 18.6 Å². The second-order valence-electron chi connectivity index (χ2n) is 3.95. The lowest BCUT2D eigenvalue weighted by Crippen LogP contribution is -2.32. The summed E-state index contributed by atoms with van der Waals surface area (Å²) in [6, 6.07) is 4.94. The number of anilines is 1. The summed E-state index contributed by atoms with van der Waals surface area (Å²) in [5.74, 6) is -0.0761. The highest BCUT2D eigenvalue weighted by Gasteiger charge is 2.11. The van der Waals surface area contributed by atoms with E-state index in [2.05, 4.69) is 5.32 Å². The molecule has 3 N–H and O–H groups in total. The molecule has 1 atom stereocenters. The Morgan fingerprint density at radius 1 is 1.53 bits per heavy atom. The molecule has 0 aromatic heterocycles. The normalized spacial score (nSPS) is 12.0. The number of phenolic OH excluding ortho intramolecular Hbond substituents is 1. The number of aliphatic hydroxyl groups is 1. The van der Waals surface area contributed by atoms with Gasteiger partial charge in [0.05, 0.1) is 12.6 Å². The third-order valence-electron chi connectivity index (χ3n) is 2.56. The molecule has 0 aliphatic rings. The van der Waals surface area contributed by atoms with Gasteiger partial charge in [-0.05, 0) is 13.0 Å². The molecule has 0 saturated heterocycles. The monoisotopic (exact) mass is 238 g/mol. The van der Waals surface area contributed by atoms with Gasteiger partial charge in [0.1, 0.15) is 5.75 Å². The molecule has 0 radical (unpaired) electrons. The molecule has 0 heterocycles. The van der Waals surface area contributed by atoms with E-state index >= 15 is 0 Å². The number of carbonyl (C=O) groups excluding carboxylic acids is 1. The second kappa shape index (κ2) is 5.54. The van der Waals surface area contributed by atoms with Gasteiger partial charge < -0.3 is 20.4 Å². The van der Waals surface area contributed by atoms with E-state index in [1.54, 1.807) is 38.1 Å². The topological polar surface area (TPSA) is 72.8 Å². The third-order valence-corrected chi connectivity index (χ3v) is 2.56. The van der Waals surface area contributed by atoms with E-state index in [4.69, 9.17) is 0 Å². The number of aromatic hydroxyl groups is 1. The molecule has 17 heavy (non-hydrogen) atoms. The van der Waals surface area contributed by atoms with E-state index in [1.807, 2.05) is 0 Å². The molecular formula is C12H18N2O3. The van der Waals surface area contributed by atoms with Crippen LogP contribution in [0.15, 0.2) is 18.2 Å². The molecule has 1 rings (SSSR count). The maximum atomic E-state index is 11.2. The van der Waals surface area contributed by atoms with Crippen LogP contribution in [-0.4, -0.2) is 36.8 Å². The number of likely N-dealkylation sites (N-methyl/N-ethyl adjacent to an activating group) is 2. The molecule has 94 valence electrons. The quantitative estimate of drug-likeness (QED) is 0.719. The fraction of sp³-hybridized carbons (Fsp3) is 0.417. The van der Waals surface area contributed by atoms with Crippen LogP contribution >= 0.6 is 0 Å². The molecule has 1 unspecified atom stereocenters. The minimum Gasteiger partial charge on any atom is -0.507 e. The first-order valence-corrected chi connectivity index (χ1v) is 5.38. The van der Waals surface area contributed by atoms with Crippen LogP contribution in [0.3, 0.4) is 0 Å². The number of benzene rings is 1. The van der Waals surface area contributed by atoms with E-state index in [1.165, 1.54) is 6.07 Å². The predicted octanol–water partition coefficient (Wildman–Crippen LogP) is 0.628. The first kappa shape index (κ1) is 13.3. The van der Waals surface area contributed by atoms with Gasteiger partial charge in [0.15, 0.2) is 0 Å². The molecule has 1 aromatic carbocycles. The largest absolute Gasteiger partial charge is 0.507 e. The van der Waals surface area contributed by atoms with E-state index in [0.29, 0.717) is 5.56 Å². The molecule has 0 bridgehead atoms. The summed E-state index contributed by atoms with van der Waals surface area (Å²) in [5, 5.41) is 21.6. The average Bonchev–Trinajstić information content (AvgIpc) is 2.28. The Balaban J connectivity index is 2.86. The highest BCUT2D eigenvalue weighted by atomic mass is 16.3. The minimum atomic E-state index is -0.715. The number of carbonyl (C=O) groups is 1. The molecule has 5 nitrogen and oxygen atoms in total. The van der Waals surface area contributed by atoms with Gasteiger partial charge in [-0.2, -0.15) is 0 Å². The van der Waals surface area contributed by atoms with Gasteiger partial charge >= 0.3 is 0 Å². The van der Waals surface area contributed by atoms with Gasteiger partial charge in [-0.25, -0.2) is 0 Å². The number of nitrogens with one attached hydrogen (secondary N) is 1. The zero-order chi connectivity index (χ0) is 13.0. The van der Waals surface area contributed by atoms with Gasteiger partial charge in [-0.3, -0.25) is 4.79 Å².